The van der Waals surface area contributed by atoms with E-state index in [9.17, 15) is 9.90 Å². The first kappa shape index (κ1) is 16.3. The molecule has 0 bridgehead atoms. The number of aliphatic hydroxyl groups is 1. The van der Waals surface area contributed by atoms with Crippen LogP contribution in [0.1, 0.15) is 30.5 Å². The van der Waals surface area contributed by atoms with Crippen molar-refractivity contribution < 1.29 is 24.5 Å². The number of phenols is 1. The largest absolute Gasteiger partial charge is 0.504 e. The number of hydrogen-bond acceptors (Lipinski definition) is 6. The van der Waals surface area contributed by atoms with Gasteiger partial charge in [-0.25, -0.2) is 0 Å². The minimum Gasteiger partial charge on any atom is -0.504 e. The Balaban J connectivity index is 2.94. The number of aliphatic hydroxyl groups excluding tert-OH is 1. The van der Waals surface area contributed by atoms with Gasteiger partial charge in [-0.2, -0.15) is 0 Å². The molecule has 6 heteroatoms. The standard InChI is InChI=1S/C14H21NO5/c1-3-20-13(17)5-4-9-6-10(11(15)8-16)14(18)12(7-9)19-2/h6-7,11,16,18H,3-5,8,15H2,1-2H3/t11-/m0/s1. The highest BCUT2D eigenvalue weighted by molar-refractivity contribution is 5.69. The maximum Gasteiger partial charge on any atom is 0.306 e. The molecule has 1 aromatic rings. The molecule has 20 heavy (non-hydrogen) atoms. The quantitative estimate of drug-likeness (QED) is 0.642. The fourth-order valence-electron chi connectivity index (χ4n) is 1.85. The van der Waals surface area contributed by atoms with Crippen LogP contribution in [0.15, 0.2) is 12.1 Å². The average Bonchev–Trinajstić information content (AvgIpc) is 2.45. The second kappa shape index (κ2) is 7.72. The number of carbonyl (C=O) groups is 1. The van der Waals surface area contributed by atoms with Gasteiger partial charge in [0.1, 0.15) is 0 Å². The van der Waals surface area contributed by atoms with Crippen molar-refractivity contribution in [2.75, 3.05) is 20.3 Å². The molecule has 6 nitrogen and oxygen atoms in total. The van der Waals surface area contributed by atoms with Gasteiger partial charge in [-0.3, -0.25) is 4.79 Å². The summed E-state index contributed by atoms with van der Waals surface area (Å²) in [4.78, 5) is 11.3. The van der Waals surface area contributed by atoms with Crippen molar-refractivity contribution in [1.29, 1.82) is 0 Å². The summed E-state index contributed by atoms with van der Waals surface area (Å²) in [5.74, 6) is -0.105. The lowest BCUT2D eigenvalue weighted by Crippen LogP contribution is -2.15. The third kappa shape index (κ3) is 4.11. The SMILES string of the molecule is CCOC(=O)CCc1cc(OC)c(O)c([C@@H](N)CO)c1. The van der Waals surface area contributed by atoms with Gasteiger partial charge < -0.3 is 25.4 Å². The number of hydrogen-bond donors (Lipinski definition) is 3. The number of benzene rings is 1. The third-order valence-corrected chi connectivity index (χ3v) is 2.90. The van der Waals surface area contributed by atoms with Gasteiger partial charge in [0.05, 0.1) is 26.4 Å². The number of nitrogens with two attached hydrogens (primary N) is 1. The first-order valence-electron chi connectivity index (χ1n) is 6.45. The van der Waals surface area contributed by atoms with Crippen molar-refractivity contribution >= 4 is 5.97 Å². The Morgan fingerprint density at radius 3 is 2.70 bits per heavy atom. The van der Waals surface area contributed by atoms with E-state index in [0.29, 0.717) is 18.6 Å². The predicted molar refractivity (Wildman–Crippen MR) is 73.6 cm³/mol. The molecule has 0 saturated heterocycles. The van der Waals surface area contributed by atoms with Gasteiger partial charge in [-0.05, 0) is 25.0 Å². The van der Waals surface area contributed by atoms with E-state index in [0.717, 1.165) is 5.56 Å². The first-order valence-corrected chi connectivity index (χ1v) is 6.45. The molecule has 1 aromatic carbocycles. The van der Waals surface area contributed by atoms with Gasteiger partial charge >= 0.3 is 5.97 Å². The van der Waals surface area contributed by atoms with Crippen LogP contribution in [0.2, 0.25) is 0 Å². The van der Waals surface area contributed by atoms with E-state index in [1.807, 2.05) is 0 Å². The summed E-state index contributed by atoms with van der Waals surface area (Å²) in [7, 11) is 1.43. The van der Waals surface area contributed by atoms with Gasteiger partial charge in [-0.1, -0.05) is 6.07 Å². The van der Waals surface area contributed by atoms with E-state index in [1.54, 1.807) is 19.1 Å². The number of aromatic hydroxyl groups is 1. The number of rotatable bonds is 7. The summed E-state index contributed by atoms with van der Waals surface area (Å²) < 4.78 is 9.93. The van der Waals surface area contributed by atoms with Crippen molar-refractivity contribution in [1.82, 2.24) is 0 Å². The maximum atomic E-state index is 11.3. The van der Waals surface area contributed by atoms with Gasteiger partial charge in [0.15, 0.2) is 11.5 Å². The van der Waals surface area contributed by atoms with Gasteiger partial charge in [-0.15, -0.1) is 0 Å². The molecular weight excluding hydrogens is 262 g/mol. The highest BCUT2D eigenvalue weighted by Crippen LogP contribution is 2.34. The fraction of sp³-hybridized carbons (Fsp3) is 0.500. The molecule has 1 atom stereocenters. The summed E-state index contributed by atoms with van der Waals surface area (Å²) in [6.07, 6.45) is 0.677. The van der Waals surface area contributed by atoms with Crippen molar-refractivity contribution in [3.63, 3.8) is 0 Å². The molecule has 0 aliphatic heterocycles. The summed E-state index contributed by atoms with van der Waals surface area (Å²) in [5, 5.41) is 19.1. The predicted octanol–water partition coefficient (Wildman–Crippen LogP) is 0.889. The topological polar surface area (TPSA) is 102 Å². The van der Waals surface area contributed by atoms with Crippen LogP contribution < -0.4 is 10.5 Å². The number of carbonyl (C=O) groups excluding carboxylic acids is 1. The van der Waals surface area contributed by atoms with E-state index in [1.165, 1.54) is 7.11 Å². The zero-order chi connectivity index (χ0) is 15.1. The third-order valence-electron chi connectivity index (χ3n) is 2.90. The van der Waals surface area contributed by atoms with E-state index < -0.39 is 6.04 Å². The second-order valence-corrected chi connectivity index (χ2v) is 4.33. The zero-order valence-electron chi connectivity index (χ0n) is 11.8. The van der Waals surface area contributed by atoms with Gasteiger partial charge in [0.25, 0.3) is 0 Å². The molecule has 0 aromatic heterocycles. The zero-order valence-corrected chi connectivity index (χ0v) is 11.8. The Morgan fingerprint density at radius 1 is 1.45 bits per heavy atom. The van der Waals surface area contributed by atoms with Crippen molar-refractivity contribution in [3.8, 4) is 11.5 Å². The van der Waals surface area contributed by atoms with Crippen LogP contribution >= 0.6 is 0 Å². The Bertz CT molecular complexity index is 461. The van der Waals surface area contributed by atoms with Gasteiger partial charge in [0, 0.05) is 12.0 Å². The number of aryl methyl sites for hydroxylation is 1. The van der Waals surface area contributed by atoms with Crippen LogP contribution in [0.4, 0.5) is 0 Å². The first-order chi connectivity index (χ1) is 9.53. The fourth-order valence-corrected chi connectivity index (χ4v) is 1.85. The van der Waals surface area contributed by atoms with Crippen LogP contribution in [-0.4, -0.2) is 36.5 Å². The average molecular weight is 283 g/mol. The number of phenolic OH excluding ortho intramolecular Hbond substituents is 1. The van der Waals surface area contributed by atoms with Gasteiger partial charge in [0.2, 0.25) is 0 Å². The van der Waals surface area contributed by atoms with E-state index in [-0.39, 0.29) is 30.5 Å². The minimum atomic E-state index is -0.702. The molecule has 0 aliphatic rings. The summed E-state index contributed by atoms with van der Waals surface area (Å²) in [6, 6.07) is 2.60. The van der Waals surface area contributed by atoms with Crippen LogP contribution in [0.25, 0.3) is 0 Å². The van der Waals surface area contributed by atoms with E-state index >= 15 is 0 Å². The molecule has 0 heterocycles. The molecule has 0 amide bonds. The van der Waals surface area contributed by atoms with Crippen molar-refractivity contribution in [2.45, 2.75) is 25.8 Å². The van der Waals surface area contributed by atoms with Crippen LogP contribution in [0.5, 0.6) is 11.5 Å². The Morgan fingerprint density at radius 2 is 2.15 bits per heavy atom. The Kier molecular flexibility index (Phi) is 6.27. The molecule has 0 unspecified atom stereocenters. The minimum absolute atomic E-state index is 0.0889. The number of esters is 1. The highest BCUT2D eigenvalue weighted by Gasteiger charge is 2.16. The van der Waals surface area contributed by atoms with Crippen LogP contribution in [-0.2, 0) is 16.0 Å². The summed E-state index contributed by atoms with van der Waals surface area (Å²) >= 11 is 0. The molecule has 0 spiro atoms. The monoisotopic (exact) mass is 283 g/mol. The normalized spacial score (nSPS) is 12.0. The second-order valence-electron chi connectivity index (χ2n) is 4.33. The maximum absolute atomic E-state index is 11.3. The Hall–Kier alpha value is -1.79. The van der Waals surface area contributed by atoms with Crippen LogP contribution in [0, 0.1) is 0 Å². The van der Waals surface area contributed by atoms with Crippen molar-refractivity contribution in [3.05, 3.63) is 23.3 Å². The molecule has 112 valence electrons. The van der Waals surface area contributed by atoms with E-state index in [4.69, 9.17) is 20.3 Å². The summed E-state index contributed by atoms with van der Waals surface area (Å²) in [5.41, 5.74) is 6.91. The molecule has 1 rings (SSSR count). The van der Waals surface area contributed by atoms with E-state index in [2.05, 4.69) is 0 Å². The summed E-state index contributed by atoms with van der Waals surface area (Å²) in [6.45, 7) is 1.80. The molecule has 0 radical (unpaired) electrons. The molecule has 4 N–H and O–H groups in total. The smallest absolute Gasteiger partial charge is 0.306 e. The number of ether oxygens (including phenoxy) is 2. The lowest BCUT2D eigenvalue weighted by molar-refractivity contribution is -0.143. The molecular formula is C14H21NO5. The lowest BCUT2D eigenvalue weighted by atomic mass is 10.0. The lowest BCUT2D eigenvalue weighted by Gasteiger charge is -2.15. The highest BCUT2D eigenvalue weighted by atomic mass is 16.5. The van der Waals surface area contributed by atoms with Crippen LogP contribution in [0.3, 0.4) is 0 Å². The molecule has 0 saturated carbocycles. The molecule has 0 aliphatic carbocycles. The molecule has 0 fully saturated rings. The number of methoxy groups -OCH3 is 1. The van der Waals surface area contributed by atoms with Crippen molar-refractivity contribution in [2.24, 2.45) is 5.73 Å². The Labute approximate surface area is 118 Å².